The van der Waals surface area contributed by atoms with E-state index in [0.717, 1.165) is 11.1 Å². The molecule has 0 aliphatic heterocycles. The number of nitrogens with one attached hydrogen (secondary N) is 2. The highest BCUT2D eigenvalue weighted by atomic mass is 35.5. The number of benzene rings is 1. The molecule has 0 saturated carbocycles. The summed E-state index contributed by atoms with van der Waals surface area (Å²) in [7, 11) is 1.73. The Morgan fingerprint density at radius 1 is 1.24 bits per heavy atom. The molecule has 0 bridgehead atoms. The van der Waals surface area contributed by atoms with Crippen molar-refractivity contribution in [2.24, 2.45) is 0 Å². The average molecular weight is 318 g/mol. The van der Waals surface area contributed by atoms with Crippen LogP contribution in [0.25, 0.3) is 10.1 Å². The molecule has 0 aliphatic carbocycles. The molecular weight excluding hydrogens is 306 g/mol. The van der Waals surface area contributed by atoms with Crippen molar-refractivity contribution in [2.45, 2.75) is 0 Å². The molecule has 0 saturated heterocycles. The summed E-state index contributed by atoms with van der Waals surface area (Å²) in [4.78, 5) is 16.3. The van der Waals surface area contributed by atoms with Crippen LogP contribution >= 0.6 is 22.9 Å². The lowest BCUT2D eigenvalue weighted by Gasteiger charge is -2.07. The molecule has 106 valence electrons. The Morgan fingerprint density at radius 2 is 2.10 bits per heavy atom. The maximum absolute atomic E-state index is 12.3. The van der Waals surface area contributed by atoms with Crippen molar-refractivity contribution >= 4 is 50.4 Å². The number of thiophene rings is 1. The standard InChI is InChI=1S/C15H12ClN3OS/c1-17-14-8-10(7-13(16)19-14)15(20)18-11-2-3-12-9(6-11)4-5-21-12/h2-8H,1H3,(H,17,19)(H,18,20). The largest absolute Gasteiger partial charge is 0.373 e. The first kappa shape index (κ1) is 13.9. The van der Waals surface area contributed by atoms with Gasteiger partial charge in [-0.25, -0.2) is 4.98 Å². The minimum atomic E-state index is -0.217. The van der Waals surface area contributed by atoms with Crippen LogP contribution in [0, 0.1) is 0 Å². The van der Waals surface area contributed by atoms with Gasteiger partial charge in [-0.1, -0.05) is 11.6 Å². The molecule has 0 unspecified atom stereocenters. The van der Waals surface area contributed by atoms with Gasteiger partial charge in [0.2, 0.25) is 0 Å². The number of rotatable bonds is 3. The second-order valence-corrected chi connectivity index (χ2v) is 5.78. The molecule has 2 heterocycles. The zero-order valence-electron chi connectivity index (χ0n) is 11.2. The van der Waals surface area contributed by atoms with Gasteiger partial charge in [-0.2, -0.15) is 0 Å². The van der Waals surface area contributed by atoms with Gasteiger partial charge in [-0.3, -0.25) is 4.79 Å². The van der Waals surface area contributed by atoms with Crippen molar-refractivity contribution in [2.75, 3.05) is 17.7 Å². The lowest BCUT2D eigenvalue weighted by atomic mass is 10.2. The van der Waals surface area contributed by atoms with Gasteiger partial charge >= 0.3 is 0 Å². The van der Waals surface area contributed by atoms with Crippen LogP contribution in [0.4, 0.5) is 11.5 Å². The molecule has 0 radical (unpaired) electrons. The fourth-order valence-corrected chi connectivity index (χ4v) is 2.98. The highest BCUT2D eigenvalue weighted by Crippen LogP contribution is 2.24. The molecule has 3 rings (SSSR count). The van der Waals surface area contributed by atoms with Crippen LogP contribution in [0.5, 0.6) is 0 Å². The van der Waals surface area contributed by atoms with Crippen LogP contribution in [0.3, 0.4) is 0 Å². The highest BCUT2D eigenvalue weighted by molar-refractivity contribution is 7.17. The number of fused-ring (bicyclic) bond motifs is 1. The minimum absolute atomic E-state index is 0.217. The quantitative estimate of drug-likeness (QED) is 0.710. The van der Waals surface area contributed by atoms with Crippen molar-refractivity contribution in [3.05, 3.63) is 52.5 Å². The molecule has 2 aromatic heterocycles. The van der Waals surface area contributed by atoms with Crippen molar-refractivity contribution in [1.82, 2.24) is 4.98 Å². The van der Waals surface area contributed by atoms with E-state index in [1.165, 1.54) is 4.70 Å². The van der Waals surface area contributed by atoms with E-state index in [1.807, 2.05) is 29.6 Å². The van der Waals surface area contributed by atoms with Gasteiger partial charge in [0.25, 0.3) is 5.91 Å². The maximum atomic E-state index is 12.3. The van der Waals surface area contributed by atoms with Gasteiger partial charge in [0.05, 0.1) is 0 Å². The Bertz CT molecular complexity index is 816. The first-order valence-corrected chi connectivity index (χ1v) is 7.55. The minimum Gasteiger partial charge on any atom is -0.373 e. The summed E-state index contributed by atoms with van der Waals surface area (Å²) in [5.41, 5.74) is 1.22. The van der Waals surface area contributed by atoms with Crippen molar-refractivity contribution in [3.63, 3.8) is 0 Å². The van der Waals surface area contributed by atoms with E-state index in [4.69, 9.17) is 11.6 Å². The SMILES string of the molecule is CNc1cc(C(=O)Nc2ccc3sccc3c2)cc(Cl)n1. The predicted molar refractivity (Wildman–Crippen MR) is 88.6 cm³/mol. The second kappa shape index (κ2) is 5.71. The van der Waals surface area contributed by atoms with E-state index in [9.17, 15) is 4.79 Å². The third-order valence-corrected chi connectivity index (χ3v) is 4.11. The Morgan fingerprint density at radius 3 is 2.90 bits per heavy atom. The number of hydrogen-bond acceptors (Lipinski definition) is 4. The van der Waals surface area contributed by atoms with Crippen LogP contribution < -0.4 is 10.6 Å². The van der Waals surface area contributed by atoms with Gasteiger partial charge in [-0.15, -0.1) is 11.3 Å². The zero-order valence-corrected chi connectivity index (χ0v) is 12.8. The van der Waals surface area contributed by atoms with Crippen LogP contribution in [-0.4, -0.2) is 17.9 Å². The number of pyridine rings is 1. The van der Waals surface area contributed by atoms with Crippen LogP contribution in [0.15, 0.2) is 41.8 Å². The number of carbonyl (C=O) groups excluding carboxylic acids is 1. The first-order chi connectivity index (χ1) is 10.2. The molecule has 0 aliphatic rings. The van der Waals surface area contributed by atoms with Crippen molar-refractivity contribution in [3.8, 4) is 0 Å². The third-order valence-electron chi connectivity index (χ3n) is 3.02. The number of aromatic nitrogens is 1. The predicted octanol–water partition coefficient (Wildman–Crippen LogP) is 4.24. The number of hydrogen-bond donors (Lipinski definition) is 2. The van der Waals surface area contributed by atoms with Crippen LogP contribution in [-0.2, 0) is 0 Å². The fourth-order valence-electron chi connectivity index (χ4n) is 2.00. The van der Waals surface area contributed by atoms with Crippen LogP contribution in [0.1, 0.15) is 10.4 Å². The van der Waals surface area contributed by atoms with Gasteiger partial charge in [0.1, 0.15) is 11.0 Å². The fraction of sp³-hybridized carbons (Fsp3) is 0.0667. The molecule has 4 nitrogen and oxygen atoms in total. The average Bonchev–Trinajstić information content (AvgIpc) is 2.94. The molecule has 1 amide bonds. The molecule has 0 spiro atoms. The topological polar surface area (TPSA) is 54.0 Å². The van der Waals surface area contributed by atoms with Crippen molar-refractivity contribution in [1.29, 1.82) is 0 Å². The Balaban J connectivity index is 1.86. The summed E-state index contributed by atoms with van der Waals surface area (Å²) in [5.74, 6) is 0.339. The molecular formula is C15H12ClN3OS. The Labute approximate surface area is 130 Å². The monoisotopic (exact) mass is 317 g/mol. The van der Waals surface area contributed by atoms with E-state index < -0.39 is 0 Å². The third kappa shape index (κ3) is 2.99. The number of anilines is 2. The van der Waals surface area contributed by atoms with Crippen molar-refractivity contribution < 1.29 is 4.79 Å². The molecule has 3 aromatic rings. The summed E-state index contributed by atoms with van der Waals surface area (Å²) in [5, 5.41) is 9.16. The number of carbonyl (C=O) groups is 1. The summed E-state index contributed by atoms with van der Waals surface area (Å²) in [6.07, 6.45) is 0. The van der Waals surface area contributed by atoms with E-state index in [2.05, 4.69) is 15.6 Å². The molecule has 0 fully saturated rings. The molecule has 1 aromatic carbocycles. The van der Waals surface area contributed by atoms with E-state index in [-0.39, 0.29) is 11.1 Å². The number of amides is 1. The smallest absolute Gasteiger partial charge is 0.255 e. The van der Waals surface area contributed by atoms with Gasteiger partial charge in [0, 0.05) is 23.0 Å². The highest BCUT2D eigenvalue weighted by Gasteiger charge is 2.10. The Kier molecular flexibility index (Phi) is 3.77. The van der Waals surface area contributed by atoms with E-state index >= 15 is 0 Å². The van der Waals surface area contributed by atoms with Gasteiger partial charge < -0.3 is 10.6 Å². The zero-order chi connectivity index (χ0) is 14.8. The first-order valence-electron chi connectivity index (χ1n) is 6.29. The Hall–Kier alpha value is -2.11. The second-order valence-electron chi connectivity index (χ2n) is 4.44. The van der Waals surface area contributed by atoms with E-state index in [0.29, 0.717) is 11.4 Å². The molecule has 6 heteroatoms. The lowest BCUT2D eigenvalue weighted by Crippen LogP contribution is -2.12. The summed E-state index contributed by atoms with van der Waals surface area (Å²) >= 11 is 7.58. The van der Waals surface area contributed by atoms with Gasteiger partial charge in [0.15, 0.2) is 0 Å². The molecule has 2 N–H and O–H groups in total. The number of halogens is 1. The normalized spacial score (nSPS) is 10.6. The van der Waals surface area contributed by atoms with E-state index in [1.54, 1.807) is 30.5 Å². The molecule has 0 atom stereocenters. The maximum Gasteiger partial charge on any atom is 0.255 e. The summed E-state index contributed by atoms with van der Waals surface area (Å²) in [6, 6.07) is 11.1. The summed E-state index contributed by atoms with van der Waals surface area (Å²) in [6.45, 7) is 0. The molecule has 21 heavy (non-hydrogen) atoms. The number of nitrogens with zero attached hydrogens (tertiary/aromatic N) is 1. The van der Waals surface area contributed by atoms with Crippen LogP contribution in [0.2, 0.25) is 5.15 Å². The lowest BCUT2D eigenvalue weighted by molar-refractivity contribution is 0.102. The summed E-state index contributed by atoms with van der Waals surface area (Å²) < 4.78 is 1.19. The van der Waals surface area contributed by atoms with Gasteiger partial charge in [-0.05, 0) is 47.2 Å².